The van der Waals surface area contributed by atoms with Gasteiger partial charge >= 0.3 is 0 Å². The van der Waals surface area contributed by atoms with Crippen molar-refractivity contribution in [1.29, 1.82) is 0 Å². The molecule has 25 heavy (non-hydrogen) atoms. The van der Waals surface area contributed by atoms with E-state index in [2.05, 4.69) is 15.6 Å². The molecule has 1 aromatic carbocycles. The summed E-state index contributed by atoms with van der Waals surface area (Å²) in [5.41, 5.74) is 0.943. The quantitative estimate of drug-likeness (QED) is 0.220. The summed E-state index contributed by atoms with van der Waals surface area (Å²) in [7, 11) is 3.74. The van der Waals surface area contributed by atoms with Crippen LogP contribution in [0, 0.1) is 16.0 Å². The van der Waals surface area contributed by atoms with Crippen LogP contribution in [0.5, 0.6) is 0 Å². The number of hydrogen-bond donors (Lipinski definition) is 2. The Bertz CT molecular complexity index is 572. The largest absolute Gasteiger partial charge is 0.383 e. The molecule has 1 aliphatic rings. The van der Waals surface area contributed by atoms with Crippen LogP contribution in [0.3, 0.4) is 0 Å². The number of hydrogen-bond acceptors (Lipinski definition) is 5. The molecule has 0 aromatic heterocycles. The van der Waals surface area contributed by atoms with E-state index in [1.807, 2.05) is 11.9 Å². The minimum Gasteiger partial charge on any atom is -0.383 e. The van der Waals surface area contributed by atoms with Crippen molar-refractivity contribution >= 4 is 17.3 Å². The fourth-order valence-corrected chi connectivity index (χ4v) is 2.31. The van der Waals surface area contributed by atoms with E-state index in [4.69, 9.17) is 4.74 Å². The molecule has 0 aliphatic heterocycles. The number of likely N-dealkylation sites (N-methyl/N-ethyl adjacent to an activating group) is 1. The number of nitrogens with one attached hydrogen (secondary N) is 2. The molecule has 0 heterocycles. The smallest absolute Gasteiger partial charge is 0.269 e. The lowest BCUT2D eigenvalue weighted by Gasteiger charge is -2.22. The number of aliphatic imine (C=N–C) groups is 1. The number of benzene rings is 1. The molecule has 138 valence electrons. The second-order valence-corrected chi connectivity index (χ2v) is 6.14. The van der Waals surface area contributed by atoms with Crippen LogP contribution in [0.2, 0.25) is 0 Å². The summed E-state index contributed by atoms with van der Waals surface area (Å²) in [4.78, 5) is 16.5. The standard InChI is InChI=1S/C17H27N5O3/c1-18-17(21(2)11-12-25-13-14-3-4-14)20-10-9-19-15-5-7-16(8-6-15)22(23)24/h5-8,14,19H,3-4,9-13H2,1-2H3,(H,18,20). The highest BCUT2D eigenvalue weighted by Gasteiger charge is 2.21. The first-order valence-corrected chi connectivity index (χ1v) is 8.58. The molecule has 1 saturated carbocycles. The van der Waals surface area contributed by atoms with Gasteiger partial charge < -0.3 is 20.3 Å². The van der Waals surface area contributed by atoms with E-state index in [-0.39, 0.29) is 5.69 Å². The van der Waals surface area contributed by atoms with Crippen LogP contribution in [0.15, 0.2) is 29.3 Å². The molecule has 2 N–H and O–H groups in total. The van der Waals surface area contributed by atoms with Crippen molar-refractivity contribution in [3.05, 3.63) is 34.4 Å². The highest BCUT2D eigenvalue weighted by molar-refractivity contribution is 5.79. The van der Waals surface area contributed by atoms with Gasteiger partial charge in [0, 0.05) is 58.2 Å². The molecule has 1 aliphatic carbocycles. The topological polar surface area (TPSA) is 92.0 Å². The van der Waals surface area contributed by atoms with Crippen LogP contribution in [0.25, 0.3) is 0 Å². The third-order valence-corrected chi connectivity index (χ3v) is 4.01. The lowest BCUT2D eigenvalue weighted by molar-refractivity contribution is -0.384. The predicted octanol–water partition coefficient (Wildman–Crippen LogP) is 1.94. The maximum Gasteiger partial charge on any atom is 0.269 e. The van der Waals surface area contributed by atoms with Gasteiger partial charge in [-0.2, -0.15) is 0 Å². The summed E-state index contributed by atoms with van der Waals surface area (Å²) in [5, 5.41) is 17.1. The molecule has 1 aromatic rings. The second kappa shape index (κ2) is 9.83. The summed E-state index contributed by atoms with van der Waals surface area (Å²) < 4.78 is 5.65. The lowest BCUT2D eigenvalue weighted by atomic mass is 10.3. The molecule has 0 saturated heterocycles. The van der Waals surface area contributed by atoms with Crippen molar-refractivity contribution in [3.8, 4) is 0 Å². The van der Waals surface area contributed by atoms with Crippen LogP contribution in [0.4, 0.5) is 11.4 Å². The van der Waals surface area contributed by atoms with Gasteiger partial charge in [-0.05, 0) is 30.9 Å². The van der Waals surface area contributed by atoms with Gasteiger partial charge in [-0.1, -0.05) is 0 Å². The van der Waals surface area contributed by atoms with E-state index in [9.17, 15) is 10.1 Å². The molecule has 0 spiro atoms. The number of rotatable bonds is 10. The Labute approximate surface area is 148 Å². The van der Waals surface area contributed by atoms with Crippen molar-refractivity contribution in [2.75, 3.05) is 52.3 Å². The number of nitro groups is 1. The zero-order valence-electron chi connectivity index (χ0n) is 14.9. The van der Waals surface area contributed by atoms with Crippen molar-refractivity contribution in [1.82, 2.24) is 10.2 Å². The Morgan fingerprint density at radius 2 is 2.08 bits per heavy atom. The van der Waals surface area contributed by atoms with Crippen molar-refractivity contribution in [2.24, 2.45) is 10.9 Å². The van der Waals surface area contributed by atoms with Crippen molar-refractivity contribution < 1.29 is 9.66 Å². The van der Waals surface area contributed by atoms with Gasteiger partial charge in [0.2, 0.25) is 0 Å². The van der Waals surface area contributed by atoms with Crippen LogP contribution in [-0.4, -0.2) is 62.7 Å². The maximum atomic E-state index is 10.6. The SMILES string of the molecule is CN=C(NCCNc1ccc([N+](=O)[O-])cc1)N(C)CCOCC1CC1. The van der Waals surface area contributed by atoms with Crippen molar-refractivity contribution in [3.63, 3.8) is 0 Å². The molecule has 1 fully saturated rings. The maximum absolute atomic E-state index is 10.6. The normalized spacial score (nSPS) is 14.2. The second-order valence-electron chi connectivity index (χ2n) is 6.14. The molecule has 0 amide bonds. The summed E-state index contributed by atoms with van der Waals surface area (Å²) in [6.45, 7) is 3.75. The number of nitrogens with zero attached hydrogens (tertiary/aromatic N) is 3. The molecule has 0 radical (unpaired) electrons. The van der Waals surface area contributed by atoms with Gasteiger partial charge in [0.05, 0.1) is 11.5 Å². The average molecular weight is 349 g/mol. The minimum absolute atomic E-state index is 0.0922. The molecular weight excluding hydrogens is 322 g/mol. The lowest BCUT2D eigenvalue weighted by Crippen LogP contribution is -2.42. The highest BCUT2D eigenvalue weighted by Crippen LogP contribution is 2.28. The van der Waals surface area contributed by atoms with Gasteiger partial charge in [-0.15, -0.1) is 0 Å². The summed E-state index contributed by atoms with van der Waals surface area (Å²) in [6, 6.07) is 6.39. The fraction of sp³-hybridized carbons (Fsp3) is 0.588. The monoisotopic (exact) mass is 349 g/mol. The van der Waals surface area contributed by atoms with E-state index in [1.165, 1.54) is 25.0 Å². The van der Waals surface area contributed by atoms with Gasteiger partial charge in [-0.25, -0.2) is 0 Å². The minimum atomic E-state index is -0.403. The number of guanidine groups is 1. The first-order chi connectivity index (χ1) is 12.1. The molecular formula is C17H27N5O3. The Kier molecular flexibility index (Phi) is 7.46. The van der Waals surface area contributed by atoms with E-state index in [1.54, 1.807) is 19.2 Å². The summed E-state index contributed by atoms with van der Waals surface area (Å²) in [5.74, 6) is 1.61. The van der Waals surface area contributed by atoms with Gasteiger partial charge in [0.25, 0.3) is 5.69 Å². The Morgan fingerprint density at radius 1 is 1.36 bits per heavy atom. The molecule has 8 heteroatoms. The fourth-order valence-electron chi connectivity index (χ4n) is 2.31. The predicted molar refractivity (Wildman–Crippen MR) is 99.1 cm³/mol. The van der Waals surface area contributed by atoms with Crippen LogP contribution >= 0.6 is 0 Å². The van der Waals surface area contributed by atoms with Gasteiger partial charge in [0.15, 0.2) is 5.96 Å². The summed E-state index contributed by atoms with van der Waals surface area (Å²) in [6.07, 6.45) is 2.61. The average Bonchev–Trinajstić information content (AvgIpc) is 3.43. The van der Waals surface area contributed by atoms with Crippen molar-refractivity contribution in [2.45, 2.75) is 12.8 Å². The molecule has 8 nitrogen and oxygen atoms in total. The zero-order valence-corrected chi connectivity index (χ0v) is 14.9. The number of non-ortho nitro benzene ring substituents is 1. The van der Waals surface area contributed by atoms with Crippen LogP contribution in [0.1, 0.15) is 12.8 Å². The Morgan fingerprint density at radius 3 is 2.68 bits per heavy atom. The molecule has 0 atom stereocenters. The first kappa shape index (κ1) is 19.0. The number of ether oxygens (including phenoxy) is 1. The molecule has 0 unspecified atom stereocenters. The highest BCUT2D eigenvalue weighted by atomic mass is 16.6. The Hall–Kier alpha value is -2.35. The van der Waals surface area contributed by atoms with E-state index in [0.29, 0.717) is 19.7 Å². The number of nitro benzene ring substituents is 1. The Balaban J connectivity index is 1.61. The van der Waals surface area contributed by atoms with Gasteiger partial charge in [0.1, 0.15) is 0 Å². The molecule has 0 bridgehead atoms. The van der Waals surface area contributed by atoms with Crippen LogP contribution < -0.4 is 10.6 Å². The van der Waals surface area contributed by atoms with E-state index >= 15 is 0 Å². The third-order valence-electron chi connectivity index (χ3n) is 4.01. The first-order valence-electron chi connectivity index (χ1n) is 8.58. The summed E-state index contributed by atoms with van der Waals surface area (Å²) >= 11 is 0. The van der Waals surface area contributed by atoms with Gasteiger partial charge in [-0.3, -0.25) is 15.1 Å². The van der Waals surface area contributed by atoms with Crippen LogP contribution in [-0.2, 0) is 4.74 Å². The third kappa shape index (κ3) is 6.96. The van der Waals surface area contributed by atoms with E-state index < -0.39 is 4.92 Å². The molecule has 2 rings (SSSR count). The number of anilines is 1. The van der Waals surface area contributed by atoms with E-state index in [0.717, 1.165) is 30.7 Å². The zero-order chi connectivity index (χ0) is 18.1.